The number of halogens is 1. The van der Waals surface area contributed by atoms with Crippen molar-refractivity contribution in [3.8, 4) is 0 Å². The van der Waals surface area contributed by atoms with Crippen LogP contribution in [0.25, 0.3) is 0 Å². The molecule has 0 saturated carbocycles. The average Bonchev–Trinajstić information content (AvgIpc) is 2.55. The molecular formula is C17H16FN3S2. The van der Waals surface area contributed by atoms with E-state index in [1.807, 2.05) is 31.2 Å². The van der Waals surface area contributed by atoms with E-state index in [0.717, 1.165) is 39.6 Å². The van der Waals surface area contributed by atoms with E-state index in [-0.39, 0.29) is 5.82 Å². The van der Waals surface area contributed by atoms with Gasteiger partial charge < -0.3 is 5.32 Å². The second-order valence-corrected chi connectivity index (χ2v) is 6.72. The molecule has 0 atom stereocenters. The summed E-state index contributed by atoms with van der Waals surface area (Å²) < 4.78 is 13.5. The maximum absolute atomic E-state index is 13.5. The van der Waals surface area contributed by atoms with Gasteiger partial charge in [0.15, 0.2) is 5.11 Å². The monoisotopic (exact) mass is 345 g/mol. The van der Waals surface area contributed by atoms with Crippen LogP contribution >= 0.6 is 24.0 Å². The van der Waals surface area contributed by atoms with Crippen LogP contribution in [0.5, 0.6) is 0 Å². The molecule has 0 radical (unpaired) electrons. The van der Waals surface area contributed by atoms with Crippen LogP contribution in [0.4, 0.5) is 10.1 Å². The fourth-order valence-corrected chi connectivity index (χ4v) is 3.51. The molecular weight excluding hydrogens is 329 g/mol. The summed E-state index contributed by atoms with van der Waals surface area (Å²) in [5, 5.41) is 7.91. The van der Waals surface area contributed by atoms with Gasteiger partial charge in [-0.15, -0.1) is 11.8 Å². The minimum absolute atomic E-state index is 0.250. The second-order valence-electron chi connectivity index (χ2n) is 5.18. The summed E-state index contributed by atoms with van der Waals surface area (Å²) in [4.78, 5) is 1.05. The lowest BCUT2D eigenvalue weighted by atomic mass is 10.1. The van der Waals surface area contributed by atoms with E-state index in [9.17, 15) is 4.39 Å². The molecule has 118 valence electrons. The van der Waals surface area contributed by atoms with E-state index >= 15 is 0 Å². The van der Waals surface area contributed by atoms with Gasteiger partial charge >= 0.3 is 0 Å². The van der Waals surface area contributed by atoms with Crippen molar-refractivity contribution in [3.05, 3.63) is 59.4 Å². The fourth-order valence-electron chi connectivity index (χ4n) is 2.34. The number of para-hydroxylation sites is 1. The Morgan fingerprint density at radius 3 is 2.91 bits per heavy atom. The van der Waals surface area contributed by atoms with E-state index in [4.69, 9.17) is 12.2 Å². The van der Waals surface area contributed by atoms with Crippen molar-refractivity contribution in [1.82, 2.24) is 5.43 Å². The normalized spacial score (nSPS) is 15.1. The zero-order valence-corrected chi connectivity index (χ0v) is 14.2. The molecule has 23 heavy (non-hydrogen) atoms. The molecule has 1 heterocycles. The first-order valence-corrected chi connectivity index (χ1v) is 8.65. The maximum Gasteiger partial charge on any atom is 0.191 e. The number of fused-ring (bicyclic) bond motifs is 1. The van der Waals surface area contributed by atoms with Gasteiger partial charge in [0.25, 0.3) is 0 Å². The Morgan fingerprint density at radius 1 is 1.26 bits per heavy atom. The van der Waals surface area contributed by atoms with Crippen LogP contribution in [0.1, 0.15) is 17.5 Å². The molecule has 3 nitrogen and oxygen atoms in total. The van der Waals surface area contributed by atoms with Gasteiger partial charge in [-0.3, -0.25) is 5.43 Å². The van der Waals surface area contributed by atoms with Crippen LogP contribution in [-0.4, -0.2) is 16.6 Å². The molecule has 0 saturated heterocycles. The summed E-state index contributed by atoms with van der Waals surface area (Å²) in [7, 11) is 0. The summed E-state index contributed by atoms with van der Waals surface area (Å²) in [6, 6.07) is 12.7. The van der Waals surface area contributed by atoms with Crippen LogP contribution in [-0.2, 0) is 0 Å². The largest absolute Gasteiger partial charge is 0.331 e. The number of nitrogens with zero attached hydrogens (tertiary/aromatic N) is 1. The van der Waals surface area contributed by atoms with Gasteiger partial charge in [-0.2, -0.15) is 5.10 Å². The van der Waals surface area contributed by atoms with Crippen LogP contribution in [0.2, 0.25) is 0 Å². The highest BCUT2D eigenvalue weighted by Gasteiger charge is 2.17. The summed E-state index contributed by atoms with van der Waals surface area (Å²) in [5.41, 5.74) is 6.57. The number of anilines is 1. The van der Waals surface area contributed by atoms with Gasteiger partial charge in [-0.1, -0.05) is 18.2 Å². The summed E-state index contributed by atoms with van der Waals surface area (Å²) >= 11 is 7.00. The van der Waals surface area contributed by atoms with Gasteiger partial charge in [0.05, 0.1) is 5.71 Å². The Morgan fingerprint density at radius 2 is 2.09 bits per heavy atom. The number of nitrogens with one attached hydrogen (secondary N) is 2. The fraction of sp³-hybridized carbons (Fsp3) is 0.176. The number of hydrogen-bond acceptors (Lipinski definition) is 3. The summed E-state index contributed by atoms with van der Waals surface area (Å²) in [5.74, 6) is 0.677. The lowest BCUT2D eigenvalue weighted by Crippen LogP contribution is -2.26. The SMILES string of the molecule is Cc1ccccc1NC(=S)NN=C1CCSc2ccc(F)cc21. The molecule has 0 aliphatic carbocycles. The number of rotatable bonds is 2. The molecule has 1 aliphatic heterocycles. The number of thiocarbonyl (C=S) groups is 1. The first-order valence-electron chi connectivity index (χ1n) is 7.25. The highest BCUT2D eigenvalue weighted by molar-refractivity contribution is 7.99. The van der Waals surface area contributed by atoms with E-state index < -0.39 is 0 Å². The van der Waals surface area contributed by atoms with E-state index in [0.29, 0.717) is 5.11 Å². The molecule has 0 amide bonds. The highest BCUT2D eigenvalue weighted by atomic mass is 32.2. The quantitative estimate of drug-likeness (QED) is 0.628. The van der Waals surface area contributed by atoms with Gasteiger partial charge in [0.2, 0.25) is 0 Å². The third-order valence-electron chi connectivity index (χ3n) is 3.53. The minimum atomic E-state index is -0.250. The third kappa shape index (κ3) is 3.89. The standard InChI is InChI=1S/C17H16FN3S2/c1-11-4-2-3-5-14(11)19-17(22)21-20-15-8-9-23-16-7-6-12(18)10-13(15)16/h2-7,10H,8-9H2,1H3,(H2,19,21,22). The van der Waals surface area contributed by atoms with E-state index in [1.165, 1.54) is 12.1 Å². The van der Waals surface area contributed by atoms with Crippen LogP contribution in [0.15, 0.2) is 52.5 Å². The van der Waals surface area contributed by atoms with Crippen molar-refractivity contribution in [2.45, 2.75) is 18.2 Å². The molecule has 1 aliphatic rings. The number of hydrazone groups is 1. The molecule has 0 spiro atoms. The third-order valence-corrected chi connectivity index (χ3v) is 4.80. The number of aryl methyl sites for hydroxylation is 1. The Hall–Kier alpha value is -1.92. The predicted octanol–water partition coefficient (Wildman–Crippen LogP) is 4.32. The average molecular weight is 345 g/mol. The van der Waals surface area contributed by atoms with Crippen LogP contribution in [0, 0.1) is 12.7 Å². The van der Waals surface area contributed by atoms with Crippen LogP contribution in [0.3, 0.4) is 0 Å². The molecule has 6 heteroatoms. The lowest BCUT2D eigenvalue weighted by Gasteiger charge is -2.18. The summed E-state index contributed by atoms with van der Waals surface area (Å²) in [6.45, 7) is 2.01. The molecule has 0 aromatic heterocycles. The van der Waals surface area contributed by atoms with Gasteiger partial charge in [0, 0.05) is 28.3 Å². The molecule has 0 bridgehead atoms. The van der Waals surface area contributed by atoms with E-state index in [1.54, 1.807) is 17.8 Å². The Kier molecular flexibility index (Phi) is 4.93. The van der Waals surface area contributed by atoms with Gasteiger partial charge in [-0.25, -0.2) is 4.39 Å². The smallest absolute Gasteiger partial charge is 0.191 e. The lowest BCUT2D eigenvalue weighted by molar-refractivity contribution is 0.626. The topological polar surface area (TPSA) is 36.4 Å². The molecule has 2 aromatic rings. The number of thioether (sulfide) groups is 1. The molecule has 2 aromatic carbocycles. The maximum atomic E-state index is 13.5. The zero-order chi connectivity index (χ0) is 16.2. The van der Waals surface area contributed by atoms with Gasteiger partial charge in [0.1, 0.15) is 5.82 Å². The molecule has 2 N–H and O–H groups in total. The molecule has 3 rings (SSSR count). The second kappa shape index (κ2) is 7.10. The van der Waals surface area contributed by atoms with Crippen molar-refractivity contribution >= 4 is 40.5 Å². The zero-order valence-electron chi connectivity index (χ0n) is 12.6. The van der Waals surface area contributed by atoms with Crippen LogP contribution < -0.4 is 10.7 Å². The number of benzene rings is 2. The number of hydrogen-bond donors (Lipinski definition) is 2. The summed E-state index contributed by atoms with van der Waals surface area (Å²) in [6.07, 6.45) is 0.779. The predicted molar refractivity (Wildman–Crippen MR) is 98.8 cm³/mol. The van der Waals surface area contributed by atoms with E-state index in [2.05, 4.69) is 15.8 Å². The van der Waals surface area contributed by atoms with Crippen molar-refractivity contribution in [1.29, 1.82) is 0 Å². The van der Waals surface area contributed by atoms with Crippen molar-refractivity contribution < 1.29 is 4.39 Å². The molecule has 0 fully saturated rings. The Balaban J connectivity index is 1.73. The highest BCUT2D eigenvalue weighted by Crippen LogP contribution is 2.30. The van der Waals surface area contributed by atoms with Gasteiger partial charge in [-0.05, 0) is 49.0 Å². The molecule has 0 unspecified atom stereocenters. The Labute approximate surface area is 144 Å². The minimum Gasteiger partial charge on any atom is -0.331 e. The van der Waals surface area contributed by atoms with Crippen molar-refractivity contribution in [3.63, 3.8) is 0 Å². The Bertz CT molecular complexity index is 774. The van der Waals surface area contributed by atoms with Crippen molar-refractivity contribution in [2.24, 2.45) is 5.10 Å². The first kappa shape index (κ1) is 16.0. The first-order chi connectivity index (χ1) is 11.1. The van der Waals surface area contributed by atoms with Crippen molar-refractivity contribution in [2.75, 3.05) is 11.1 Å².